The van der Waals surface area contributed by atoms with Crippen molar-refractivity contribution in [3.8, 4) is 0 Å². The molecular formula is C14H25IN2OSi. The van der Waals surface area contributed by atoms with Gasteiger partial charge >= 0.3 is 0 Å². The molecule has 0 spiro atoms. The molecule has 0 radical (unpaired) electrons. The standard InChI is InChI=1S/C14H25IN2OSi/c1-19(2,3)9-8-18-11-17-10-13(15)16-14(17)12-6-4-5-7-12/h10,12H,4-9,11H2,1-3H3. The average Bonchev–Trinajstić information content (AvgIpc) is 2.91. The fourth-order valence-corrected chi connectivity index (χ4v) is 3.89. The molecule has 0 saturated heterocycles. The molecule has 0 aliphatic heterocycles. The second kappa shape index (κ2) is 6.71. The van der Waals surface area contributed by atoms with E-state index in [2.05, 4.69) is 53.0 Å². The van der Waals surface area contributed by atoms with Crippen LogP contribution in [0.5, 0.6) is 0 Å². The molecule has 1 aliphatic carbocycles. The lowest BCUT2D eigenvalue weighted by atomic mass is 10.1. The Labute approximate surface area is 131 Å². The number of nitrogens with zero attached hydrogens (tertiary/aromatic N) is 2. The van der Waals surface area contributed by atoms with Crippen LogP contribution in [0.25, 0.3) is 0 Å². The number of rotatable bonds is 6. The molecule has 1 aromatic rings. The van der Waals surface area contributed by atoms with Crippen LogP contribution >= 0.6 is 22.6 Å². The molecule has 2 rings (SSSR count). The van der Waals surface area contributed by atoms with Crippen molar-refractivity contribution < 1.29 is 4.74 Å². The summed E-state index contributed by atoms with van der Waals surface area (Å²) in [5.74, 6) is 1.90. The quantitative estimate of drug-likeness (QED) is 0.406. The third kappa shape index (κ3) is 4.86. The Bertz CT molecular complexity index is 408. The topological polar surface area (TPSA) is 27.1 Å². The van der Waals surface area contributed by atoms with Gasteiger partial charge in [0.15, 0.2) is 0 Å². The van der Waals surface area contributed by atoms with Gasteiger partial charge in [-0.2, -0.15) is 0 Å². The van der Waals surface area contributed by atoms with Gasteiger partial charge in [-0.15, -0.1) is 0 Å². The molecule has 0 unspecified atom stereocenters. The van der Waals surface area contributed by atoms with E-state index in [1.807, 2.05) is 0 Å². The van der Waals surface area contributed by atoms with Crippen LogP contribution in [0.15, 0.2) is 6.20 Å². The van der Waals surface area contributed by atoms with E-state index in [1.165, 1.54) is 37.6 Å². The van der Waals surface area contributed by atoms with Crippen LogP contribution in [0.2, 0.25) is 25.7 Å². The lowest BCUT2D eigenvalue weighted by Gasteiger charge is -2.17. The minimum atomic E-state index is -0.981. The molecule has 1 aromatic heterocycles. The molecule has 0 atom stereocenters. The number of halogens is 1. The third-order valence-electron chi connectivity index (χ3n) is 3.73. The summed E-state index contributed by atoms with van der Waals surface area (Å²) in [5, 5.41) is 0. The summed E-state index contributed by atoms with van der Waals surface area (Å²) in [4.78, 5) is 4.70. The normalized spacial score (nSPS) is 17.3. The minimum absolute atomic E-state index is 0.657. The van der Waals surface area contributed by atoms with Gasteiger partial charge in [-0.1, -0.05) is 32.5 Å². The average molecular weight is 392 g/mol. The maximum atomic E-state index is 5.86. The third-order valence-corrected chi connectivity index (χ3v) is 5.95. The van der Waals surface area contributed by atoms with Gasteiger partial charge in [-0.05, 0) is 41.5 Å². The molecule has 0 N–H and O–H groups in total. The largest absolute Gasteiger partial charge is 0.361 e. The SMILES string of the molecule is C[Si](C)(C)CCOCn1cc(I)nc1C1CCCC1. The van der Waals surface area contributed by atoms with E-state index in [0.717, 1.165) is 10.3 Å². The molecule has 108 valence electrons. The molecule has 0 bridgehead atoms. The van der Waals surface area contributed by atoms with Gasteiger partial charge in [-0.25, -0.2) is 4.98 Å². The Morgan fingerprint density at radius 1 is 1.37 bits per heavy atom. The Hall–Kier alpha value is 0.117. The summed E-state index contributed by atoms with van der Waals surface area (Å²) < 4.78 is 9.18. The van der Waals surface area contributed by atoms with Crippen molar-refractivity contribution in [3.05, 3.63) is 15.7 Å². The molecule has 1 fully saturated rings. The number of ether oxygens (including phenoxy) is 1. The zero-order chi connectivity index (χ0) is 13.9. The van der Waals surface area contributed by atoms with Crippen LogP contribution in [-0.4, -0.2) is 24.2 Å². The predicted molar refractivity (Wildman–Crippen MR) is 90.3 cm³/mol. The van der Waals surface area contributed by atoms with Gasteiger partial charge < -0.3 is 9.30 Å². The summed E-state index contributed by atoms with van der Waals surface area (Å²) in [6, 6.07) is 1.23. The summed E-state index contributed by atoms with van der Waals surface area (Å²) in [7, 11) is -0.981. The highest BCUT2D eigenvalue weighted by Crippen LogP contribution is 2.33. The Morgan fingerprint density at radius 2 is 2.05 bits per heavy atom. The molecular weight excluding hydrogens is 367 g/mol. The van der Waals surface area contributed by atoms with Crippen molar-refractivity contribution in [2.24, 2.45) is 0 Å². The van der Waals surface area contributed by atoms with E-state index in [1.54, 1.807) is 0 Å². The highest BCUT2D eigenvalue weighted by Gasteiger charge is 2.22. The smallest absolute Gasteiger partial charge is 0.124 e. The summed E-state index contributed by atoms with van der Waals surface area (Å²) in [6.45, 7) is 8.72. The van der Waals surface area contributed by atoms with Crippen molar-refractivity contribution >= 4 is 30.7 Å². The molecule has 1 saturated carbocycles. The lowest BCUT2D eigenvalue weighted by Crippen LogP contribution is -2.22. The minimum Gasteiger partial charge on any atom is -0.361 e. The van der Waals surface area contributed by atoms with E-state index >= 15 is 0 Å². The monoisotopic (exact) mass is 392 g/mol. The van der Waals surface area contributed by atoms with E-state index in [0.29, 0.717) is 12.6 Å². The van der Waals surface area contributed by atoms with Gasteiger partial charge in [0.25, 0.3) is 0 Å². The highest BCUT2D eigenvalue weighted by atomic mass is 127. The highest BCUT2D eigenvalue weighted by molar-refractivity contribution is 14.1. The first-order valence-corrected chi connectivity index (χ1v) is 12.0. The summed E-state index contributed by atoms with van der Waals surface area (Å²) >= 11 is 2.31. The fraction of sp³-hybridized carbons (Fsp3) is 0.786. The number of hydrogen-bond donors (Lipinski definition) is 0. The fourth-order valence-electron chi connectivity index (χ4n) is 2.55. The van der Waals surface area contributed by atoms with Crippen molar-refractivity contribution in [1.82, 2.24) is 9.55 Å². The van der Waals surface area contributed by atoms with E-state index in [4.69, 9.17) is 9.72 Å². The predicted octanol–water partition coefficient (Wildman–Crippen LogP) is 4.46. The van der Waals surface area contributed by atoms with Gasteiger partial charge in [0.1, 0.15) is 16.3 Å². The molecule has 5 heteroatoms. The number of aromatic nitrogens is 2. The van der Waals surface area contributed by atoms with Crippen molar-refractivity contribution in [3.63, 3.8) is 0 Å². The second-order valence-corrected chi connectivity index (χ2v) is 13.4. The van der Waals surface area contributed by atoms with Gasteiger partial charge in [0, 0.05) is 26.8 Å². The zero-order valence-electron chi connectivity index (χ0n) is 12.3. The zero-order valence-corrected chi connectivity index (χ0v) is 15.4. The summed E-state index contributed by atoms with van der Waals surface area (Å²) in [5.41, 5.74) is 0. The first-order valence-electron chi connectivity index (χ1n) is 7.26. The Morgan fingerprint density at radius 3 is 2.68 bits per heavy atom. The van der Waals surface area contributed by atoms with Crippen LogP contribution < -0.4 is 0 Å². The van der Waals surface area contributed by atoms with Gasteiger partial charge in [0.2, 0.25) is 0 Å². The van der Waals surface area contributed by atoms with Crippen LogP contribution in [-0.2, 0) is 11.5 Å². The molecule has 3 nitrogen and oxygen atoms in total. The molecule has 19 heavy (non-hydrogen) atoms. The van der Waals surface area contributed by atoms with Gasteiger partial charge in [-0.3, -0.25) is 0 Å². The number of hydrogen-bond acceptors (Lipinski definition) is 2. The van der Waals surface area contributed by atoms with E-state index in [9.17, 15) is 0 Å². The Balaban J connectivity index is 1.89. The van der Waals surface area contributed by atoms with E-state index in [-0.39, 0.29) is 0 Å². The van der Waals surface area contributed by atoms with Crippen molar-refractivity contribution in [1.29, 1.82) is 0 Å². The van der Waals surface area contributed by atoms with Crippen molar-refractivity contribution in [2.45, 2.75) is 64.0 Å². The summed E-state index contributed by atoms with van der Waals surface area (Å²) in [6.07, 6.45) is 7.42. The molecule has 0 amide bonds. The van der Waals surface area contributed by atoms with E-state index < -0.39 is 8.07 Å². The van der Waals surface area contributed by atoms with Crippen LogP contribution in [0, 0.1) is 3.70 Å². The first-order chi connectivity index (χ1) is 8.96. The van der Waals surface area contributed by atoms with Crippen LogP contribution in [0.4, 0.5) is 0 Å². The molecule has 0 aromatic carbocycles. The van der Waals surface area contributed by atoms with Crippen LogP contribution in [0.3, 0.4) is 0 Å². The molecule has 1 heterocycles. The number of imidazole rings is 1. The maximum absolute atomic E-state index is 5.86. The first kappa shape index (κ1) is 15.5. The van der Waals surface area contributed by atoms with Crippen LogP contribution in [0.1, 0.15) is 37.4 Å². The molecule has 1 aliphatic rings. The lowest BCUT2D eigenvalue weighted by molar-refractivity contribution is 0.0842. The van der Waals surface area contributed by atoms with Gasteiger partial charge in [0.05, 0.1) is 0 Å². The van der Waals surface area contributed by atoms with Crippen molar-refractivity contribution in [2.75, 3.05) is 6.61 Å². The second-order valence-electron chi connectivity index (χ2n) is 6.72. The Kier molecular flexibility index (Phi) is 5.48. The maximum Gasteiger partial charge on any atom is 0.124 e.